The second-order valence-corrected chi connectivity index (χ2v) is 5.31. The van der Waals surface area contributed by atoms with Gasteiger partial charge in [0.15, 0.2) is 0 Å². The highest BCUT2D eigenvalue weighted by molar-refractivity contribution is 4.96. The van der Waals surface area contributed by atoms with E-state index in [1.807, 2.05) is 7.05 Å². The van der Waals surface area contributed by atoms with E-state index in [-0.39, 0.29) is 0 Å². The van der Waals surface area contributed by atoms with Gasteiger partial charge in [-0.1, -0.05) is 26.0 Å². The quantitative estimate of drug-likeness (QED) is 0.388. The first-order valence-electron chi connectivity index (χ1n) is 7.66. The summed E-state index contributed by atoms with van der Waals surface area (Å²) in [6.07, 6.45) is 5.76. The van der Waals surface area contributed by atoms with E-state index in [1.165, 1.54) is 18.4 Å². The second-order valence-electron chi connectivity index (χ2n) is 5.31. The van der Waals surface area contributed by atoms with Crippen LogP contribution in [0.1, 0.15) is 46.0 Å². The molecule has 0 saturated heterocycles. The molecule has 0 aliphatic carbocycles. The van der Waals surface area contributed by atoms with Crippen molar-refractivity contribution in [1.29, 1.82) is 0 Å². The maximum Gasteiger partial charge on any atom is 0.0700 e. The van der Waals surface area contributed by atoms with Crippen molar-refractivity contribution in [2.75, 3.05) is 40.0 Å². The summed E-state index contributed by atoms with van der Waals surface area (Å²) in [4.78, 5) is 0. The molecule has 0 spiro atoms. The smallest absolute Gasteiger partial charge is 0.0700 e. The van der Waals surface area contributed by atoms with Gasteiger partial charge in [-0.05, 0) is 51.6 Å². The van der Waals surface area contributed by atoms with Gasteiger partial charge in [0.05, 0.1) is 13.2 Å². The first-order valence-corrected chi connectivity index (χ1v) is 7.66. The third kappa shape index (κ3) is 13.8. The van der Waals surface area contributed by atoms with Crippen molar-refractivity contribution in [1.82, 2.24) is 5.32 Å². The molecule has 0 unspecified atom stereocenters. The summed E-state index contributed by atoms with van der Waals surface area (Å²) in [6.45, 7) is 12.6. The minimum Gasteiger partial charge on any atom is -0.379 e. The topological polar surface area (TPSA) is 30.5 Å². The summed E-state index contributed by atoms with van der Waals surface area (Å²) in [7, 11) is 1.99. The minimum atomic E-state index is 0.589. The molecule has 0 bridgehead atoms. The summed E-state index contributed by atoms with van der Waals surface area (Å²) in [5.41, 5.74) is 1.32. The van der Waals surface area contributed by atoms with Crippen LogP contribution in [-0.2, 0) is 9.47 Å². The number of hydrogen-bond donors (Lipinski definition) is 1. The molecule has 0 aliphatic heterocycles. The fourth-order valence-corrected chi connectivity index (χ4v) is 1.69. The van der Waals surface area contributed by atoms with Gasteiger partial charge in [-0.3, -0.25) is 0 Å². The molecule has 0 rings (SSSR count). The molecule has 0 atom stereocenters. The number of rotatable bonds is 14. The van der Waals surface area contributed by atoms with Crippen LogP contribution in [0.3, 0.4) is 0 Å². The summed E-state index contributed by atoms with van der Waals surface area (Å²) < 4.78 is 11.0. The monoisotopic (exact) mass is 271 g/mol. The van der Waals surface area contributed by atoms with Gasteiger partial charge < -0.3 is 14.8 Å². The zero-order chi connectivity index (χ0) is 14.3. The molecule has 0 aliphatic rings. The van der Waals surface area contributed by atoms with Crippen LogP contribution in [0, 0.1) is 5.92 Å². The van der Waals surface area contributed by atoms with Gasteiger partial charge in [-0.2, -0.15) is 0 Å². The van der Waals surface area contributed by atoms with E-state index >= 15 is 0 Å². The van der Waals surface area contributed by atoms with Crippen LogP contribution >= 0.6 is 0 Å². The lowest BCUT2D eigenvalue weighted by atomic mass is 10.0. The maximum absolute atomic E-state index is 5.53. The first-order chi connectivity index (χ1) is 9.18. The van der Waals surface area contributed by atoms with Crippen LogP contribution in [0.5, 0.6) is 0 Å². The average Bonchev–Trinajstić information content (AvgIpc) is 2.39. The van der Waals surface area contributed by atoms with E-state index in [9.17, 15) is 0 Å². The second kappa shape index (κ2) is 14.0. The Morgan fingerprint density at radius 1 is 0.947 bits per heavy atom. The lowest BCUT2D eigenvalue weighted by Gasteiger charge is -2.09. The lowest BCUT2D eigenvalue weighted by molar-refractivity contribution is 0.0455. The predicted octanol–water partition coefficient (Wildman–Crippen LogP) is 3.40. The number of unbranched alkanes of at least 4 members (excludes halogenated alkanes) is 2. The predicted molar refractivity (Wildman–Crippen MR) is 82.6 cm³/mol. The van der Waals surface area contributed by atoms with Crippen LogP contribution in [0.4, 0.5) is 0 Å². The zero-order valence-electron chi connectivity index (χ0n) is 13.2. The third-order valence-electron chi connectivity index (χ3n) is 3.19. The van der Waals surface area contributed by atoms with Crippen molar-refractivity contribution in [3.8, 4) is 0 Å². The molecule has 0 aromatic carbocycles. The first kappa shape index (κ1) is 18.6. The normalized spacial score (nSPS) is 11.2. The van der Waals surface area contributed by atoms with Gasteiger partial charge >= 0.3 is 0 Å². The molecule has 1 N–H and O–H groups in total. The minimum absolute atomic E-state index is 0.589. The SMILES string of the molecule is C=C(CCCOCCOCCCCCNC)C(C)C. The van der Waals surface area contributed by atoms with E-state index in [2.05, 4.69) is 25.7 Å². The van der Waals surface area contributed by atoms with Gasteiger partial charge in [0.2, 0.25) is 0 Å². The Labute approximate surface area is 119 Å². The van der Waals surface area contributed by atoms with Crippen molar-refractivity contribution in [2.45, 2.75) is 46.0 Å². The van der Waals surface area contributed by atoms with E-state index in [0.717, 1.165) is 45.6 Å². The summed E-state index contributed by atoms with van der Waals surface area (Å²) in [5.74, 6) is 0.589. The van der Waals surface area contributed by atoms with Crippen LogP contribution in [0.25, 0.3) is 0 Å². The molecule has 19 heavy (non-hydrogen) atoms. The maximum atomic E-state index is 5.53. The van der Waals surface area contributed by atoms with Crippen LogP contribution in [-0.4, -0.2) is 40.0 Å². The van der Waals surface area contributed by atoms with Gasteiger partial charge in [0.1, 0.15) is 0 Å². The van der Waals surface area contributed by atoms with Gasteiger partial charge in [0.25, 0.3) is 0 Å². The average molecular weight is 271 g/mol. The lowest BCUT2D eigenvalue weighted by Crippen LogP contribution is -2.09. The largest absolute Gasteiger partial charge is 0.379 e. The zero-order valence-corrected chi connectivity index (χ0v) is 13.2. The molecule has 0 amide bonds. The van der Waals surface area contributed by atoms with Crippen molar-refractivity contribution < 1.29 is 9.47 Å². The Bertz CT molecular complexity index is 205. The molecule has 0 heterocycles. The molecule has 0 aromatic rings. The number of ether oxygens (including phenoxy) is 2. The highest BCUT2D eigenvalue weighted by Crippen LogP contribution is 2.12. The summed E-state index contributed by atoms with van der Waals surface area (Å²) >= 11 is 0. The Hall–Kier alpha value is -0.380. The summed E-state index contributed by atoms with van der Waals surface area (Å²) in [5, 5.41) is 3.15. The number of nitrogens with one attached hydrogen (secondary N) is 1. The van der Waals surface area contributed by atoms with Crippen LogP contribution in [0.15, 0.2) is 12.2 Å². The molecule has 0 saturated carbocycles. The van der Waals surface area contributed by atoms with Crippen molar-refractivity contribution >= 4 is 0 Å². The molecule has 114 valence electrons. The van der Waals surface area contributed by atoms with Crippen molar-refractivity contribution in [3.63, 3.8) is 0 Å². The fourth-order valence-electron chi connectivity index (χ4n) is 1.69. The number of hydrogen-bond acceptors (Lipinski definition) is 3. The van der Waals surface area contributed by atoms with Crippen molar-refractivity contribution in [2.24, 2.45) is 5.92 Å². The van der Waals surface area contributed by atoms with E-state index in [1.54, 1.807) is 0 Å². The molecule has 3 nitrogen and oxygen atoms in total. The van der Waals surface area contributed by atoms with E-state index in [4.69, 9.17) is 9.47 Å². The standard InChI is InChI=1S/C16H33NO2/c1-15(2)16(3)9-8-12-19-14-13-18-11-7-5-6-10-17-4/h15,17H,3,5-14H2,1-2,4H3. The molecular formula is C16H33NO2. The molecule has 3 heteroatoms. The highest BCUT2D eigenvalue weighted by atomic mass is 16.5. The molecule has 0 radical (unpaired) electrons. The molecule has 0 aromatic heterocycles. The Balaban J connectivity index is 3.05. The van der Waals surface area contributed by atoms with Gasteiger partial charge in [0, 0.05) is 13.2 Å². The Morgan fingerprint density at radius 3 is 2.16 bits per heavy atom. The van der Waals surface area contributed by atoms with E-state index < -0.39 is 0 Å². The molecule has 0 fully saturated rings. The Morgan fingerprint density at radius 2 is 1.58 bits per heavy atom. The fraction of sp³-hybridized carbons (Fsp3) is 0.875. The van der Waals surface area contributed by atoms with Crippen LogP contribution < -0.4 is 5.32 Å². The number of allylic oxidation sites excluding steroid dienone is 1. The third-order valence-corrected chi connectivity index (χ3v) is 3.19. The highest BCUT2D eigenvalue weighted by Gasteiger charge is 1.99. The van der Waals surface area contributed by atoms with Crippen LogP contribution in [0.2, 0.25) is 0 Å². The van der Waals surface area contributed by atoms with E-state index in [0.29, 0.717) is 12.5 Å². The van der Waals surface area contributed by atoms with Gasteiger partial charge in [-0.25, -0.2) is 0 Å². The Kier molecular flexibility index (Phi) is 13.8. The van der Waals surface area contributed by atoms with Crippen molar-refractivity contribution in [3.05, 3.63) is 12.2 Å². The summed E-state index contributed by atoms with van der Waals surface area (Å²) in [6, 6.07) is 0. The van der Waals surface area contributed by atoms with Gasteiger partial charge in [-0.15, -0.1) is 0 Å². The molecular weight excluding hydrogens is 238 g/mol.